The van der Waals surface area contributed by atoms with Crippen LogP contribution in [0.4, 0.5) is 5.82 Å². The molecule has 0 saturated carbocycles. The summed E-state index contributed by atoms with van der Waals surface area (Å²) in [4.78, 5) is 22.3. The maximum atomic E-state index is 12.8. The van der Waals surface area contributed by atoms with Crippen LogP contribution in [-0.2, 0) is 10.2 Å². The van der Waals surface area contributed by atoms with Gasteiger partial charge in [-0.1, -0.05) is 32.4 Å². The highest BCUT2D eigenvalue weighted by Crippen LogP contribution is 2.28. The van der Waals surface area contributed by atoms with Gasteiger partial charge < -0.3 is 5.32 Å². The van der Waals surface area contributed by atoms with Gasteiger partial charge in [0, 0.05) is 33.8 Å². The number of amides is 1. The number of thioether (sulfide) groups is 1. The number of hydrogen-bond acceptors (Lipinski definition) is 5. The van der Waals surface area contributed by atoms with Crippen molar-refractivity contribution in [3.63, 3.8) is 0 Å². The van der Waals surface area contributed by atoms with Crippen molar-refractivity contribution in [2.75, 3.05) is 5.32 Å². The number of aromatic nitrogens is 4. The normalized spacial score (nSPS) is 12.6. The van der Waals surface area contributed by atoms with E-state index in [9.17, 15) is 4.79 Å². The van der Waals surface area contributed by atoms with Crippen LogP contribution in [0.25, 0.3) is 5.95 Å². The summed E-state index contributed by atoms with van der Waals surface area (Å²) in [5.41, 5.74) is 0.664. The molecule has 2 heterocycles. The highest BCUT2D eigenvalue weighted by molar-refractivity contribution is 8.00. The Balaban J connectivity index is 1.83. The summed E-state index contributed by atoms with van der Waals surface area (Å²) in [5.74, 6) is 0.827. The Morgan fingerprint density at radius 1 is 1.18 bits per heavy atom. The van der Waals surface area contributed by atoms with Crippen LogP contribution in [-0.4, -0.2) is 30.9 Å². The molecule has 28 heavy (non-hydrogen) atoms. The summed E-state index contributed by atoms with van der Waals surface area (Å²) in [6, 6.07) is 11.0. The topological polar surface area (TPSA) is 72.7 Å². The van der Waals surface area contributed by atoms with Crippen LogP contribution < -0.4 is 5.32 Å². The summed E-state index contributed by atoms with van der Waals surface area (Å²) in [7, 11) is 0. The SMILES string of the molecule is CC(Sc1ccc(Cl)cc1)C(=O)Nc1cc(C(C)(C)C)nn1-c1ncccn1. The summed E-state index contributed by atoms with van der Waals surface area (Å²) >= 11 is 7.38. The van der Waals surface area contributed by atoms with Crippen LogP contribution in [0.2, 0.25) is 5.02 Å². The van der Waals surface area contributed by atoms with E-state index in [0.29, 0.717) is 16.8 Å². The fraction of sp³-hybridized carbons (Fsp3) is 0.300. The predicted octanol–water partition coefficient (Wildman–Crippen LogP) is 4.73. The number of carbonyl (C=O) groups is 1. The number of nitrogens with zero attached hydrogens (tertiary/aromatic N) is 4. The monoisotopic (exact) mass is 415 g/mol. The first-order valence-electron chi connectivity index (χ1n) is 8.85. The third kappa shape index (κ3) is 4.91. The van der Waals surface area contributed by atoms with Crippen molar-refractivity contribution in [3.05, 3.63) is 59.5 Å². The van der Waals surface area contributed by atoms with E-state index in [1.165, 1.54) is 11.8 Å². The van der Waals surface area contributed by atoms with Gasteiger partial charge in [-0.25, -0.2) is 9.97 Å². The van der Waals surface area contributed by atoms with E-state index in [0.717, 1.165) is 10.6 Å². The van der Waals surface area contributed by atoms with Crippen molar-refractivity contribution >= 4 is 35.1 Å². The second kappa shape index (κ2) is 8.32. The second-order valence-corrected chi connectivity index (χ2v) is 9.18. The largest absolute Gasteiger partial charge is 0.310 e. The summed E-state index contributed by atoms with van der Waals surface area (Å²) in [6.45, 7) is 8.06. The molecule has 1 N–H and O–H groups in total. The van der Waals surface area contributed by atoms with Crippen molar-refractivity contribution in [1.29, 1.82) is 0 Å². The van der Waals surface area contributed by atoms with E-state index < -0.39 is 0 Å². The molecule has 0 radical (unpaired) electrons. The van der Waals surface area contributed by atoms with E-state index >= 15 is 0 Å². The lowest BCUT2D eigenvalue weighted by Crippen LogP contribution is -2.24. The first-order valence-corrected chi connectivity index (χ1v) is 10.1. The number of benzene rings is 1. The maximum absolute atomic E-state index is 12.8. The van der Waals surface area contributed by atoms with E-state index in [4.69, 9.17) is 11.6 Å². The summed E-state index contributed by atoms with van der Waals surface area (Å²) in [6.07, 6.45) is 3.29. The van der Waals surface area contributed by atoms with Crippen LogP contribution in [0, 0.1) is 0 Å². The van der Waals surface area contributed by atoms with Gasteiger partial charge in [0.05, 0.1) is 10.9 Å². The Kier molecular flexibility index (Phi) is 6.05. The molecule has 1 atom stereocenters. The molecule has 0 aliphatic rings. The Morgan fingerprint density at radius 2 is 1.82 bits per heavy atom. The zero-order chi connectivity index (χ0) is 20.3. The van der Waals surface area contributed by atoms with Crippen LogP contribution in [0.5, 0.6) is 0 Å². The van der Waals surface area contributed by atoms with Gasteiger partial charge in [-0.05, 0) is 37.3 Å². The Bertz CT molecular complexity index is 951. The highest BCUT2D eigenvalue weighted by atomic mass is 35.5. The highest BCUT2D eigenvalue weighted by Gasteiger charge is 2.23. The van der Waals surface area contributed by atoms with E-state index in [2.05, 4.69) is 41.2 Å². The number of rotatable bonds is 5. The molecule has 3 aromatic rings. The van der Waals surface area contributed by atoms with Crippen molar-refractivity contribution in [2.45, 2.75) is 43.3 Å². The molecule has 8 heteroatoms. The molecule has 0 spiro atoms. The molecular formula is C20H22ClN5OS. The van der Waals surface area contributed by atoms with Gasteiger partial charge >= 0.3 is 0 Å². The zero-order valence-electron chi connectivity index (χ0n) is 16.2. The molecule has 0 saturated heterocycles. The van der Waals surface area contributed by atoms with Gasteiger partial charge in [-0.2, -0.15) is 9.78 Å². The third-order valence-electron chi connectivity index (χ3n) is 3.97. The smallest absolute Gasteiger partial charge is 0.252 e. The van der Waals surface area contributed by atoms with Crippen LogP contribution in [0.1, 0.15) is 33.4 Å². The minimum absolute atomic E-state index is 0.127. The molecule has 6 nitrogen and oxygen atoms in total. The fourth-order valence-electron chi connectivity index (χ4n) is 2.39. The van der Waals surface area contributed by atoms with E-state index in [-0.39, 0.29) is 16.6 Å². The lowest BCUT2D eigenvalue weighted by Gasteiger charge is -2.13. The van der Waals surface area contributed by atoms with Crippen molar-refractivity contribution in [2.24, 2.45) is 0 Å². The quantitative estimate of drug-likeness (QED) is 0.609. The minimum Gasteiger partial charge on any atom is -0.310 e. The standard InChI is InChI=1S/C20H22ClN5OS/c1-13(28-15-8-6-14(21)7-9-15)18(27)24-17-12-16(20(2,3)4)25-26(17)19-22-10-5-11-23-19/h5-13H,1-4H3,(H,24,27). The van der Waals surface area contributed by atoms with Gasteiger partial charge in [-0.15, -0.1) is 11.8 Å². The van der Waals surface area contributed by atoms with E-state index in [1.807, 2.05) is 37.3 Å². The van der Waals surface area contributed by atoms with Gasteiger partial charge in [0.15, 0.2) is 0 Å². The Hall–Kier alpha value is -2.38. The third-order valence-corrected chi connectivity index (χ3v) is 5.33. The molecule has 1 aromatic carbocycles. The molecule has 146 valence electrons. The van der Waals surface area contributed by atoms with Gasteiger partial charge in [0.2, 0.25) is 5.91 Å². The maximum Gasteiger partial charge on any atom is 0.252 e. The first-order chi connectivity index (χ1) is 13.2. The van der Waals surface area contributed by atoms with Crippen molar-refractivity contribution < 1.29 is 4.79 Å². The van der Waals surface area contributed by atoms with E-state index in [1.54, 1.807) is 23.1 Å². The fourth-order valence-corrected chi connectivity index (χ4v) is 3.38. The Morgan fingerprint density at radius 3 is 2.43 bits per heavy atom. The van der Waals surface area contributed by atoms with Gasteiger partial charge in [-0.3, -0.25) is 4.79 Å². The Labute approximate surface area is 173 Å². The minimum atomic E-state index is -0.306. The number of nitrogens with one attached hydrogen (secondary N) is 1. The molecule has 0 fully saturated rings. The lowest BCUT2D eigenvalue weighted by molar-refractivity contribution is -0.115. The molecule has 0 bridgehead atoms. The number of hydrogen-bond donors (Lipinski definition) is 1. The number of halogens is 1. The summed E-state index contributed by atoms with van der Waals surface area (Å²) < 4.78 is 1.57. The number of anilines is 1. The first kappa shape index (κ1) is 20.4. The lowest BCUT2D eigenvalue weighted by atomic mass is 9.92. The van der Waals surface area contributed by atoms with Gasteiger partial charge in [0.25, 0.3) is 5.95 Å². The van der Waals surface area contributed by atoms with Crippen LogP contribution in [0.15, 0.2) is 53.7 Å². The van der Waals surface area contributed by atoms with Crippen LogP contribution in [0.3, 0.4) is 0 Å². The summed E-state index contributed by atoms with van der Waals surface area (Å²) in [5, 5.41) is 7.94. The van der Waals surface area contributed by atoms with Crippen LogP contribution >= 0.6 is 23.4 Å². The second-order valence-electron chi connectivity index (χ2n) is 7.33. The molecule has 0 aliphatic heterocycles. The van der Waals surface area contributed by atoms with Crippen molar-refractivity contribution in [1.82, 2.24) is 19.7 Å². The molecule has 3 rings (SSSR count). The molecule has 1 unspecified atom stereocenters. The average molecular weight is 416 g/mol. The molecule has 2 aromatic heterocycles. The molecule has 1 amide bonds. The average Bonchev–Trinajstić information content (AvgIpc) is 3.08. The zero-order valence-corrected chi connectivity index (χ0v) is 17.8. The molecular weight excluding hydrogens is 394 g/mol. The predicted molar refractivity (Wildman–Crippen MR) is 113 cm³/mol. The molecule has 0 aliphatic carbocycles. The number of carbonyl (C=O) groups excluding carboxylic acids is 1. The van der Waals surface area contributed by atoms with Crippen molar-refractivity contribution in [3.8, 4) is 5.95 Å². The van der Waals surface area contributed by atoms with Gasteiger partial charge in [0.1, 0.15) is 5.82 Å².